The van der Waals surface area contributed by atoms with Gasteiger partial charge in [-0.25, -0.2) is 22.5 Å². The van der Waals surface area contributed by atoms with Crippen molar-refractivity contribution < 1.29 is 32.0 Å². The summed E-state index contributed by atoms with van der Waals surface area (Å²) in [5.41, 5.74) is 5.84. The fourth-order valence-corrected chi connectivity index (χ4v) is 9.93. The number of amides is 1. The Morgan fingerprint density at radius 3 is 2.55 bits per heavy atom. The molecule has 0 saturated carbocycles. The average Bonchev–Trinajstić information content (AvgIpc) is 3.76. The number of aromatic nitrogens is 2. The van der Waals surface area contributed by atoms with Crippen LogP contribution in [0.3, 0.4) is 0 Å². The molecular formula is C48H47ClFN7O7S. The number of nitro groups is 1. The van der Waals surface area contributed by atoms with Crippen LogP contribution in [-0.4, -0.2) is 79.5 Å². The van der Waals surface area contributed by atoms with Crippen molar-refractivity contribution in [2.45, 2.75) is 50.5 Å². The summed E-state index contributed by atoms with van der Waals surface area (Å²) in [6.45, 7) is 8.56. The zero-order valence-corrected chi connectivity index (χ0v) is 37.3. The number of aromatic amines is 1. The SMILES string of the molecule is CC1(C)CCC(CN2CCN(c3ccc(C(=O)NS(=O)(=O)c4cc5c(c([N+](=O)[O-])c4)NC(Cc4ccc(F)cc4)CO5)c(Oc4cnc5[nH]ccc5c4)c3)CC2)=C(c2ccc(Cl)cc2)C1. The average molecular weight is 920 g/mol. The van der Waals surface area contributed by atoms with Gasteiger partial charge in [-0.2, -0.15) is 0 Å². The largest absolute Gasteiger partial charge is 0.489 e. The Labute approximate surface area is 380 Å². The number of piperazine rings is 1. The van der Waals surface area contributed by atoms with Crippen LogP contribution < -0.4 is 24.4 Å². The molecule has 1 unspecified atom stereocenters. The quantitative estimate of drug-likeness (QED) is 0.0789. The molecule has 4 heterocycles. The second kappa shape index (κ2) is 17.8. The normalized spacial score (nSPS) is 17.5. The summed E-state index contributed by atoms with van der Waals surface area (Å²) >= 11 is 6.24. The number of fused-ring (bicyclic) bond motifs is 2. The summed E-state index contributed by atoms with van der Waals surface area (Å²) in [6.07, 6.45) is 6.77. The number of hydrogen-bond acceptors (Lipinski definition) is 11. The van der Waals surface area contributed by atoms with Gasteiger partial charge < -0.3 is 24.7 Å². The number of carbonyl (C=O) groups is 1. The van der Waals surface area contributed by atoms with E-state index in [-0.39, 0.29) is 34.8 Å². The predicted octanol–water partition coefficient (Wildman–Crippen LogP) is 9.38. The van der Waals surface area contributed by atoms with Crippen molar-refractivity contribution in [3.63, 3.8) is 0 Å². The van der Waals surface area contributed by atoms with E-state index in [1.807, 2.05) is 18.2 Å². The molecule has 1 amide bonds. The number of sulfonamides is 1. The molecule has 336 valence electrons. The highest BCUT2D eigenvalue weighted by Gasteiger charge is 2.33. The van der Waals surface area contributed by atoms with E-state index in [4.69, 9.17) is 21.1 Å². The summed E-state index contributed by atoms with van der Waals surface area (Å²) in [4.78, 5) is 37.2. The van der Waals surface area contributed by atoms with Crippen molar-refractivity contribution in [2.24, 2.45) is 5.41 Å². The molecule has 6 aromatic rings. The van der Waals surface area contributed by atoms with Gasteiger partial charge in [-0.05, 0) is 96.3 Å². The van der Waals surface area contributed by atoms with Gasteiger partial charge >= 0.3 is 0 Å². The molecule has 0 radical (unpaired) electrons. The maximum atomic E-state index is 14.0. The molecule has 17 heteroatoms. The van der Waals surface area contributed by atoms with Gasteiger partial charge in [-0.15, -0.1) is 0 Å². The van der Waals surface area contributed by atoms with E-state index >= 15 is 0 Å². The Morgan fingerprint density at radius 2 is 1.80 bits per heavy atom. The van der Waals surface area contributed by atoms with Crippen molar-refractivity contribution >= 4 is 61.2 Å². The molecule has 0 spiro atoms. The minimum atomic E-state index is -4.70. The second-order valence-corrected chi connectivity index (χ2v) is 19.7. The van der Waals surface area contributed by atoms with Gasteiger partial charge in [0.25, 0.3) is 21.6 Å². The third-order valence-corrected chi connectivity index (χ3v) is 13.9. The zero-order chi connectivity index (χ0) is 45.5. The Morgan fingerprint density at radius 1 is 1.03 bits per heavy atom. The summed E-state index contributed by atoms with van der Waals surface area (Å²) in [5, 5.41) is 16.9. The van der Waals surface area contributed by atoms with Gasteiger partial charge in [0.05, 0.1) is 27.6 Å². The predicted molar refractivity (Wildman–Crippen MR) is 248 cm³/mol. The van der Waals surface area contributed by atoms with Crippen LogP contribution in [-0.2, 0) is 16.4 Å². The molecule has 3 aliphatic rings. The number of benzene rings is 4. The Hall–Kier alpha value is -6.49. The second-order valence-electron chi connectivity index (χ2n) is 17.6. The first-order chi connectivity index (χ1) is 31.2. The standard InChI is InChI=1S/C48H47ClFN7O7S/c1-48(2)15-13-33(41(26-48)31-5-7-34(49)8-6-31)28-55-17-19-56(20-18-55)37-11-12-40(43(23-37)64-38-22-32-14-16-51-46(32)52-27-38)47(58)54-65(61,62)39-24-42(57(59)60)45-44(25-39)63-29-36(53-45)21-30-3-9-35(50)10-4-30/h3-12,14,16,22-25,27,36,53H,13,15,17-21,26,28-29H2,1-2H3,(H,51,52)(H,54,58). The number of hydrogen-bond donors (Lipinski definition) is 3. The maximum Gasteiger partial charge on any atom is 0.297 e. The highest BCUT2D eigenvalue weighted by atomic mass is 35.5. The molecule has 1 aliphatic carbocycles. The first-order valence-electron chi connectivity index (χ1n) is 21.4. The van der Waals surface area contributed by atoms with Crippen LogP contribution in [0.2, 0.25) is 5.02 Å². The number of allylic oxidation sites excluding steroid dienone is 1. The third kappa shape index (κ3) is 9.79. The number of carbonyl (C=O) groups excluding carboxylic acids is 1. The van der Waals surface area contributed by atoms with E-state index < -0.39 is 43.3 Å². The molecule has 9 rings (SSSR count). The van der Waals surface area contributed by atoms with Gasteiger partial charge in [0.2, 0.25) is 0 Å². The van der Waals surface area contributed by atoms with Crippen LogP contribution in [0.1, 0.15) is 54.6 Å². The van der Waals surface area contributed by atoms with E-state index in [9.17, 15) is 27.7 Å². The molecule has 2 aliphatic heterocycles. The van der Waals surface area contributed by atoms with E-state index in [1.54, 1.807) is 36.5 Å². The van der Waals surface area contributed by atoms with Gasteiger partial charge in [0, 0.05) is 73.2 Å². The number of anilines is 2. The van der Waals surface area contributed by atoms with Crippen LogP contribution in [0.25, 0.3) is 16.6 Å². The first kappa shape index (κ1) is 43.7. The smallest absolute Gasteiger partial charge is 0.297 e. The summed E-state index contributed by atoms with van der Waals surface area (Å²) in [5.74, 6) is -1.05. The lowest BCUT2D eigenvalue weighted by Crippen LogP contribution is -2.47. The molecule has 1 fully saturated rings. The van der Waals surface area contributed by atoms with Crippen molar-refractivity contribution in [3.8, 4) is 17.2 Å². The fraction of sp³-hybridized carbons (Fsp3) is 0.292. The van der Waals surface area contributed by atoms with Crippen LogP contribution in [0.4, 0.5) is 21.5 Å². The molecule has 14 nitrogen and oxygen atoms in total. The highest BCUT2D eigenvalue weighted by Crippen LogP contribution is 2.44. The van der Waals surface area contributed by atoms with Crippen molar-refractivity contribution in [1.82, 2.24) is 19.6 Å². The van der Waals surface area contributed by atoms with E-state index in [0.717, 1.165) is 72.7 Å². The number of halogens is 2. The first-order valence-corrected chi connectivity index (χ1v) is 23.2. The van der Waals surface area contributed by atoms with Gasteiger partial charge in [-0.3, -0.25) is 19.8 Å². The lowest BCUT2D eigenvalue weighted by Gasteiger charge is -2.39. The van der Waals surface area contributed by atoms with Crippen molar-refractivity contribution in [3.05, 3.63) is 147 Å². The lowest BCUT2D eigenvalue weighted by atomic mass is 9.72. The van der Waals surface area contributed by atoms with Crippen LogP contribution in [0, 0.1) is 21.3 Å². The molecule has 0 bridgehead atoms. The number of nitro benzene ring substituents is 1. The molecule has 2 aromatic heterocycles. The van der Waals surface area contributed by atoms with Gasteiger partial charge in [0.1, 0.15) is 29.6 Å². The van der Waals surface area contributed by atoms with E-state index in [1.165, 1.54) is 41.1 Å². The fourth-order valence-electron chi connectivity index (χ4n) is 8.80. The minimum Gasteiger partial charge on any atom is -0.489 e. The minimum absolute atomic E-state index is 0.00319. The molecule has 1 atom stereocenters. The third-order valence-electron chi connectivity index (χ3n) is 12.3. The molecular weight excluding hydrogens is 873 g/mol. The number of nitrogens with one attached hydrogen (secondary N) is 3. The van der Waals surface area contributed by atoms with Crippen LogP contribution in [0.15, 0.2) is 114 Å². The van der Waals surface area contributed by atoms with Crippen LogP contribution in [0.5, 0.6) is 17.2 Å². The molecule has 4 aromatic carbocycles. The van der Waals surface area contributed by atoms with Crippen LogP contribution >= 0.6 is 11.6 Å². The number of pyridine rings is 1. The Kier molecular flexibility index (Phi) is 12.0. The van der Waals surface area contributed by atoms with Crippen molar-refractivity contribution in [2.75, 3.05) is 49.5 Å². The number of ether oxygens (including phenoxy) is 2. The lowest BCUT2D eigenvalue weighted by molar-refractivity contribution is -0.384. The Bertz CT molecular complexity index is 2930. The number of H-pyrrole nitrogens is 1. The number of rotatable bonds is 12. The molecule has 65 heavy (non-hydrogen) atoms. The van der Waals surface area contributed by atoms with Gasteiger partial charge in [0.15, 0.2) is 11.4 Å². The summed E-state index contributed by atoms with van der Waals surface area (Å²) in [6, 6.07) is 24.2. The topological polar surface area (TPSA) is 172 Å². The van der Waals surface area contributed by atoms with E-state index in [0.29, 0.717) is 30.9 Å². The molecule has 3 N–H and O–H groups in total. The van der Waals surface area contributed by atoms with Gasteiger partial charge in [-0.1, -0.05) is 55.3 Å². The highest BCUT2D eigenvalue weighted by molar-refractivity contribution is 7.90. The summed E-state index contributed by atoms with van der Waals surface area (Å²) < 4.78 is 55.5. The number of nitrogens with zero attached hydrogens (tertiary/aromatic N) is 4. The maximum absolute atomic E-state index is 14.0. The molecule has 1 saturated heterocycles. The monoisotopic (exact) mass is 919 g/mol. The summed E-state index contributed by atoms with van der Waals surface area (Å²) in [7, 11) is -4.70. The van der Waals surface area contributed by atoms with Crippen molar-refractivity contribution in [1.29, 1.82) is 0 Å². The van der Waals surface area contributed by atoms with E-state index in [2.05, 4.69) is 55.8 Å². The Balaban J connectivity index is 0.942. The zero-order valence-electron chi connectivity index (χ0n) is 35.8.